The molecule has 2 saturated carbocycles. The number of nitrogens with one attached hydrogen (secondary N) is 1. The molecule has 0 aromatic heterocycles. The fourth-order valence-corrected chi connectivity index (χ4v) is 4.31. The Kier molecular flexibility index (Phi) is 5.30. The van der Waals surface area contributed by atoms with Gasteiger partial charge in [-0.1, -0.05) is 20.8 Å². The Hall–Kier alpha value is -0.0800. The Morgan fingerprint density at radius 3 is 2.37 bits per heavy atom. The maximum absolute atomic E-state index is 3.60. The third-order valence-electron chi connectivity index (χ3n) is 5.47. The molecule has 0 aliphatic heterocycles. The molecule has 0 atom stereocenters. The Morgan fingerprint density at radius 1 is 1.21 bits per heavy atom. The lowest BCUT2D eigenvalue weighted by molar-refractivity contribution is -0.00870. The van der Waals surface area contributed by atoms with Crippen molar-refractivity contribution in [2.75, 3.05) is 20.1 Å². The summed E-state index contributed by atoms with van der Waals surface area (Å²) in [7, 11) is 2.32. The summed E-state index contributed by atoms with van der Waals surface area (Å²) in [6, 6.07) is 1.52. The highest BCUT2D eigenvalue weighted by molar-refractivity contribution is 4.98. The van der Waals surface area contributed by atoms with Crippen LogP contribution >= 0.6 is 0 Å². The summed E-state index contributed by atoms with van der Waals surface area (Å²) in [5.41, 5.74) is 0.757. The fraction of sp³-hybridized carbons (Fsp3) is 1.00. The Bertz CT molecular complexity index is 258. The first kappa shape index (κ1) is 15.3. The van der Waals surface area contributed by atoms with Gasteiger partial charge in [0.05, 0.1) is 0 Å². The summed E-state index contributed by atoms with van der Waals surface area (Å²) < 4.78 is 0. The average Bonchev–Trinajstić information content (AvgIpc) is 2.34. The summed E-state index contributed by atoms with van der Waals surface area (Å²) in [5.74, 6) is 0.965. The number of nitrogens with zero attached hydrogens (tertiary/aromatic N) is 1. The second-order valence-electron chi connectivity index (χ2n) is 7.55. The maximum Gasteiger partial charge on any atom is 0.00926 e. The molecule has 1 spiro atoms. The highest BCUT2D eigenvalue weighted by Crippen LogP contribution is 2.54. The van der Waals surface area contributed by atoms with Gasteiger partial charge >= 0.3 is 0 Å². The minimum absolute atomic E-state index is 0.648. The Morgan fingerprint density at radius 2 is 1.84 bits per heavy atom. The fourth-order valence-electron chi connectivity index (χ4n) is 4.31. The van der Waals surface area contributed by atoms with Crippen LogP contribution in [-0.2, 0) is 0 Å². The molecule has 0 aromatic rings. The van der Waals surface area contributed by atoms with E-state index in [1.807, 2.05) is 0 Å². The first-order valence-corrected chi connectivity index (χ1v) is 8.48. The molecular weight excluding hydrogens is 232 g/mol. The maximum atomic E-state index is 3.60. The van der Waals surface area contributed by atoms with Gasteiger partial charge in [-0.25, -0.2) is 0 Å². The first-order valence-electron chi connectivity index (χ1n) is 8.48. The molecule has 0 amide bonds. The van der Waals surface area contributed by atoms with Crippen molar-refractivity contribution in [1.29, 1.82) is 0 Å². The third-order valence-corrected chi connectivity index (χ3v) is 5.47. The van der Waals surface area contributed by atoms with Crippen molar-refractivity contribution in [2.24, 2.45) is 11.3 Å². The molecule has 112 valence electrons. The monoisotopic (exact) mass is 266 g/mol. The van der Waals surface area contributed by atoms with Crippen LogP contribution in [0.3, 0.4) is 0 Å². The van der Waals surface area contributed by atoms with Crippen molar-refractivity contribution in [3.05, 3.63) is 0 Å². The smallest absolute Gasteiger partial charge is 0.00926 e. The molecule has 0 saturated heterocycles. The van der Waals surface area contributed by atoms with Crippen LogP contribution in [0.1, 0.15) is 65.7 Å². The molecule has 0 unspecified atom stereocenters. The van der Waals surface area contributed by atoms with E-state index in [9.17, 15) is 0 Å². The standard InChI is InChI=1S/C17H34N2/c1-5-10-19(4)16-6-8-17(9-7-16)11-15(12-17)13-18-14(2)3/h14-16,18H,5-13H2,1-4H3. The van der Waals surface area contributed by atoms with Crippen molar-refractivity contribution in [3.8, 4) is 0 Å². The van der Waals surface area contributed by atoms with Gasteiger partial charge in [-0.15, -0.1) is 0 Å². The lowest BCUT2D eigenvalue weighted by atomic mass is 9.55. The summed E-state index contributed by atoms with van der Waals surface area (Å²) in [6.45, 7) is 9.32. The van der Waals surface area contributed by atoms with Crippen molar-refractivity contribution in [1.82, 2.24) is 10.2 Å². The molecule has 19 heavy (non-hydrogen) atoms. The van der Waals surface area contributed by atoms with E-state index in [0.717, 1.165) is 17.4 Å². The van der Waals surface area contributed by atoms with Crippen LogP contribution in [0.5, 0.6) is 0 Å². The zero-order chi connectivity index (χ0) is 13.9. The van der Waals surface area contributed by atoms with Crippen molar-refractivity contribution in [3.63, 3.8) is 0 Å². The van der Waals surface area contributed by atoms with E-state index in [-0.39, 0.29) is 0 Å². The Labute approximate surface area is 120 Å². The molecular formula is C17H34N2. The van der Waals surface area contributed by atoms with Crippen LogP contribution in [0, 0.1) is 11.3 Å². The molecule has 0 bridgehead atoms. The van der Waals surface area contributed by atoms with Gasteiger partial charge < -0.3 is 10.2 Å². The lowest BCUT2D eigenvalue weighted by Crippen LogP contribution is -2.47. The van der Waals surface area contributed by atoms with Crippen LogP contribution < -0.4 is 5.32 Å². The van der Waals surface area contributed by atoms with Gasteiger partial charge in [0.25, 0.3) is 0 Å². The molecule has 2 nitrogen and oxygen atoms in total. The van der Waals surface area contributed by atoms with Crippen LogP contribution in [0.2, 0.25) is 0 Å². The molecule has 2 rings (SSSR count). The van der Waals surface area contributed by atoms with Gasteiger partial charge in [-0.05, 0) is 76.4 Å². The van der Waals surface area contributed by atoms with Gasteiger partial charge in [0.15, 0.2) is 0 Å². The minimum atomic E-state index is 0.648. The molecule has 0 radical (unpaired) electrons. The minimum Gasteiger partial charge on any atom is -0.314 e. The first-order chi connectivity index (χ1) is 9.04. The molecule has 2 fully saturated rings. The Balaban J connectivity index is 1.67. The van der Waals surface area contributed by atoms with Crippen molar-refractivity contribution < 1.29 is 0 Å². The lowest BCUT2D eigenvalue weighted by Gasteiger charge is -2.53. The predicted octanol–water partition coefficient (Wildman–Crippen LogP) is 3.67. The molecule has 0 aromatic carbocycles. The van der Waals surface area contributed by atoms with Gasteiger partial charge in [0.1, 0.15) is 0 Å². The molecule has 1 N–H and O–H groups in total. The second-order valence-corrected chi connectivity index (χ2v) is 7.55. The second kappa shape index (κ2) is 6.58. The van der Waals surface area contributed by atoms with E-state index in [2.05, 4.69) is 38.0 Å². The van der Waals surface area contributed by atoms with Gasteiger partial charge in [0.2, 0.25) is 0 Å². The average molecular weight is 266 g/mol. The number of hydrogen-bond donors (Lipinski definition) is 1. The SMILES string of the molecule is CCCN(C)C1CCC2(CC1)CC(CNC(C)C)C2. The molecule has 0 heterocycles. The number of rotatable bonds is 6. The van der Waals surface area contributed by atoms with E-state index in [4.69, 9.17) is 0 Å². The predicted molar refractivity (Wildman–Crippen MR) is 83.5 cm³/mol. The summed E-state index contributed by atoms with van der Waals surface area (Å²) >= 11 is 0. The molecule has 2 aliphatic carbocycles. The highest BCUT2D eigenvalue weighted by atomic mass is 15.1. The number of hydrogen-bond acceptors (Lipinski definition) is 2. The van der Waals surface area contributed by atoms with Crippen molar-refractivity contribution >= 4 is 0 Å². The third kappa shape index (κ3) is 3.95. The highest BCUT2D eigenvalue weighted by Gasteiger charge is 2.45. The molecule has 2 aliphatic rings. The largest absolute Gasteiger partial charge is 0.314 e. The summed E-state index contributed by atoms with van der Waals surface area (Å²) in [5, 5.41) is 3.60. The molecule has 2 heteroatoms. The van der Waals surface area contributed by atoms with Crippen molar-refractivity contribution in [2.45, 2.75) is 77.8 Å². The quantitative estimate of drug-likeness (QED) is 0.789. The van der Waals surface area contributed by atoms with Crippen LogP contribution in [0.25, 0.3) is 0 Å². The van der Waals surface area contributed by atoms with Crippen LogP contribution in [0.4, 0.5) is 0 Å². The van der Waals surface area contributed by atoms with E-state index < -0.39 is 0 Å². The van der Waals surface area contributed by atoms with E-state index in [1.54, 1.807) is 0 Å². The van der Waals surface area contributed by atoms with Crippen LogP contribution in [-0.4, -0.2) is 37.1 Å². The zero-order valence-electron chi connectivity index (χ0n) is 13.5. The van der Waals surface area contributed by atoms with E-state index >= 15 is 0 Å². The van der Waals surface area contributed by atoms with Gasteiger partial charge in [0, 0.05) is 12.1 Å². The summed E-state index contributed by atoms with van der Waals surface area (Å²) in [4.78, 5) is 2.60. The summed E-state index contributed by atoms with van der Waals surface area (Å²) in [6.07, 6.45) is 10.2. The van der Waals surface area contributed by atoms with Crippen LogP contribution in [0.15, 0.2) is 0 Å². The van der Waals surface area contributed by atoms with Gasteiger partial charge in [-0.2, -0.15) is 0 Å². The van der Waals surface area contributed by atoms with E-state index in [1.165, 1.54) is 58.0 Å². The van der Waals surface area contributed by atoms with Gasteiger partial charge in [-0.3, -0.25) is 0 Å². The van der Waals surface area contributed by atoms with E-state index in [0.29, 0.717) is 6.04 Å². The topological polar surface area (TPSA) is 15.3 Å². The zero-order valence-corrected chi connectivity index (χ0v) is 13.5. The normalized spacial score (nSPS) is 35.1.